The third kappa shape index (κ3) is 3.76. The number of ether oxygens (including phenoxy) is 1. The zero-order valence-corrected chi connectivity index (χ0v) is 16.4. The first kappa shape index (κ1) is 18.9. The number of amides is 1. The number of para-hydroxylation sites is 1. The van der Waals surface area contributed by atoms with Gasteiger partial charge in [0.25, 0.3) is 0 Å². The number of methoxy groups -OCH3 is 1. The highest BCUT2D eigenvalue weighted by molar-refractivity contribution is 5.84. The summed E-state index contributed by atoms with van der Waals surface area (Å²) in [4.78, 5) is 17.7. The van der Waals surface area contributed by atoms with Gasteiger partial charge >= 0.3 is 0 Å². The molecule has 2 aromatic rings. The maximum Gasteiger partial charge on any atom is 0.230 e. The number of hydrogen-bond donors (Lipinski definition) is 0. The quantitative estimate of drug-likeness (QED) is 0.788. The molecule has 0 bridgehead atoms. The molecule has 0 aromatic heterocycles. The van der Waals surface area contributed by atoms with Crippen molar-refractivity contribution in [1.29, 1.82) is 0 Å². The van der Waals surface area contributed by atoms with Gasteiger partial charge in [0.2, 0.25) is 5.91 Å². The summed E-state index contributed by atoms with van der Waals surface area (Å²) in [6.07, 6.45) is 2.88. The van der Waals surface area contributed by atoms with E-state index in [4.69, 9.17) is 4.74 Å². The molecular weight excluding hydrogens is 355 g/mol. The van der Waals surface area contributed by atoms with E-state index in [1.54, 1.807) is 19.2 Å². The van der Waals surface area contributed by atoms with Crippen LogP contribution in [0.25, 0.3) is 0 Å². The van der Waals surface area contributed by atoms with Crippen LogP contribution >= 0.6 is 0 Å². The summed E-state index contributed by atoms with van der Waals surface area (Å²) >= 11 is 0. The molecule has 0 N–H and O–H groups in total. The Morgan fingerprint density at radius 1 is 1.04 bits per heavy atom. The lowest BCUT2D eigenvalue weighted by Crippen LogP contribution is -2.49. The van der Waals surface area contributed by atoms with E-state index in [2.05, 4.69) is 11.0 Å². The lowest BCUT2D eigenvalue weighted by atomic mass is 9.78. The van der Waals surface area contributed by atoms with Crippen molar-refractivity contribution in [3.63, 3.8) is 0 Å². The van der Waals surface area contributed by atoms with Crippen molar-refractivity contribution in [3.8, 4) is 5.75 Å². The molecule has 0 aliphatic carbocycles. The van der Waals surface area contributed by atoms with Gasteiger partial charge in [0.1, 0.15) is 11.6 Å². The van der Waals surface area contributed by atoms with E-state index >= 15 is 0 Å². The smallest absolute Gasteiger partial charge is 0.230 e. The summed E-state index contributed by atoms with van der Waals surface area (Å²) in [5.41, 5.74) is 1.87. The Hall–Kier alpha value is -2.40. The van der Waals surface area contributed by atoms with Crippen LogP contribution in [-0.2, 0) is 17.9 Å². The van der Waals surface area contributed by atoms with Gasteiger partial charge in [0.15, 0.2) is 0 Å². The van der Waals surface area contributed by atoms with Crippen molar-refractivity contribution in [2.75, 3.05) is 26.7 Å². The van der Waals surface area contributed by atoms with Crippen LogP contribution in [0.1, 0.15) is 30.4 Å². The lowest BCUT2D eigenvalue weighted by Gasteiger charge is -2.39. The number of rotatable bonds is 5. The van der Waals surface area contributed by atoms with E-state index in [1.165, 1.54) is 12.1 Å². The predicted octanol–water partition coefficient (Wildman–Crippen LogP) is 3.85. The molecule has 0 saturated carbocycles. The van der Waals surface area contributed by atoms with Gasteiger partial charge in [0, 0.05) is 31.7 Å². The molecule has 1 spiro atoms. The maximum absolute atomic E-state index is 13.3. The highest BCUT2D eigenvalue weighted by atomic mass is 19.1. The molecule has 2 aliphatic rings. The molecule has 1 amide bonds. The molecular formula is C23H27FN2O2. The number of piperidine rings is 1. The Kier molecular flexibility index (Phi) is 5.36. The summed E-state index contributed by atoms with van der Waals surface area (Å²) in [6.45, 7) is 3.87. The summed E-state index contributed by atoms with van der Waals surface area (Å²) in [6, 6.07) is 14.5. The molecule has 148 valence electrons. The second-order valence-electron chi connectivity index (χ2n) is 8.01. The van der Waals surface area contributed by atoms with Crippen LogP contribution in [0.15, 0.2) is 48.5 Å². The molecule has 2 aromatic carbocycles. The van der Waals surface area contributed by atoms with E-state index in [9.17, 15) is 9.18 Å². The van der Waals surface area contributed by atoms with Crippen LogP contribution in [0.2, 0.25) is 0 Å². The van der Waals surface area contributed by atoms with E-state index in [0.29, 0.717) is 6.54 Å². The van der Waals surface area contributed by atoms with Crippen molar-refractivity contribution in [2.24, 2.45) is 5.41 Å². The monoisotopic (exact) mass is 382 g/mol. The number of likely N-dealkylation sites (tertiary alicyclic amines) is 2. The largest absolute Gasteiger partial charge is 0.496 e. The maximum atomic E-state index is 13.3. The number of carbonyl (C=O) groups is 1. The van der Waals surface area contributed by atoms with Crippen LogP contribution in [0, 0.1) is 11.2 Å². The Labute approximate surface area is 165 Å². The number of carbonyl (C=O) groups excluding carboxylic acids is 1. The average molecular weight is 382 g/mol. The van der Waals surface area contributed by atoms with Crippen LogP contribution in [0.3, 0.4) is 0 Å². The van der Waals surface area contributed by atoms with Gasteiger partial charge < -0.3 is 9.64 Å². The summed E-state index contributed by atoms with van der Waals surface area (Å²) < 4.78 is 18.6. The van der Waals surface area contributed by atoms with Gasteiger partial charge in [0.05, 0.1) is 12.5 Å². The van der Waals surface area contributed by atoms with Gasteiger partial charge in [-0.3, -0.25) is 9.69 Å². The molecule has 1 atom stereocenters. The van der Waals surface area contributed by atoms with Crippen molar-refractivity contribution in [1.82, 2.24) is 9.80 Å². The van der Waals surface area contributed by atoms with Crippen molar-refractivity contribution >= 4 is 5.91 Å². The molecule has 5 heteroatoms. The van der Waals surface area contributed by atoms with E-state index < -0.39 is 0 Å². The molecule has 2 saturated heterocycles. The Balaban J connectivity index is 1.44. The zero-order valence-electron chi connectivity index (χ0n) is 16.4. The minimum absolute atomic E-state index is 0.243. The summed E-state index contributed by atoms with van der Waals surface area (Å²) in [5, 5.41) is 0. The first-order valence-corrected chi connectivity index (χ1v) is 9.98. The van der Waals surface area contributed by atoms with Gasteiger partial charge in [-0.15, -0.1) is 0 Å². The fraction of sp³-hybridized carbons (Fsp3) is 0.435. The lowest BCUT2D eigenvalue weighted by molar-refractivity contribution is -0.146. The number of benzene rings is 2. The molecule has 28 heavy (non-hydrogen) atoms. The van der Waals surface area contributed by atoms with Crippen LogP contribution in [0.5, 0.6) is 5.75 Å². The van der Waals surface area contributed by atoms with Crippen molar-refractivity contribution in [2.45, 2.75) is 32.4 Å². The zero-order chi connectivity index (χ0) is 19.6. The molecule has 4 rings (SSSR count). The third-order valence-corrected chi connectivity index (χ3v) is 6.13. The van der Waals surface area contributed by atoms with Crippen LogP contribution in [-0.4, -0.2) is 42.5 Å². The minimum atomic E-state index is -0.277. The second kappa shape index (κ2) is 7.92. The number of nitrogens with zero attached hydrogens (tertiary/aromatic N) is 2. The highest BCUT2D eigenvalue weighted by Gasteiger charge is 2.48. The normalized spacial score (nSPS) is 22.8. The van der Waals surface area contributed by atoms with E-state index in [-0.39, 0.29) is 17.1 Å². The minimum Gasteiger partial charge on any atom is -0.496 e. The van der Waals surface area contributed by atoms with Crippen molar-refractivity contribution in [3.05, 3.63) is 65.5 Å². The fourth-order valence-corrected chi connectivity index (χ4v) is 4.66. The molecule has 2 heterocycles. The molecule has 4 nitrogen and oxygen atoms in total. The topological polar surface area (TPSA) is 32.8 Å². The second-order valence-corrected chi connectivity index (χ2v) is 8.01. The Morgan fingerprint density at radius 3 is 2.61 bits per heavy atom. The first-order chi connectivity index (χ1) is 13.6. The molecule has 0 radical (unpaired) electrons. The molecule has 0 unspecified atom stereocenters. The van der Waals surface area contributed by atoms with Gasteiger partial charge in [-0.05, 0) is 49.6 Å². The standard InChI is InChI=1S/C23H27FN2O2/c1-28-21-6-3-2-5-19(21)16-25-14-12-23(17-25)11-4-13-26(22(23)27)15-18-7-9-20(24)10-8-18/h2-3,5-10H,4,11-17H2,1H3/t23-/m0/s1. The van der Waals surface area contributed by atoms with Gasteiger partial charge in [-0.2, -0.15) is 0 Å². The number of halogens is 1. The molecule has 2 fully saturated rings. The van der Waals surface area contributed by atoms with E-state index in [0.717, 1.165) is 62.3 Å². The van der Waals surface area contributed by atoms with Gasteiger partial charge in [-0.25, -0.2) is 4.39 Å². The SMILES string of the molecule is COc1ccccc1CN1CC[C@@]2(CCCN(Cc3ccc(F)cc3)C2=O)C1. The average Bonchev–Trinajstić information content (AvgIpc) is 3.11. The third-order valence-electron chi connectivity index (χ3n) is 6.13. The Morgan fingerprint density at radius 2 is 1.82 bits per heavy atom. The van der Waals surface area contributed by atoms with Crippen molar-refractivity contribution < 1.29 is 13.9 Å². The molecule has 2 aliphatic heterocycles. The predicted molar refractivity (Wildman–Crippen MR) is 106 cm³/mol. The van der Waals surface area contributed by atoms with Gasteiger partial charge in [-0.1, -0.05) is 30.3 Å². The van der Waals surface area contributed by atoms with Crippen LogP contribution in [0.4, 0.5) is 4.39 Å². The summed E-state index contributed by atoms with van der Waals surface area (Å²) in [7, 11) is 1.70. The first-order valence-electron chi connectivity index (χ1n) is 9.98. The fourth-order valence-electron chi connectivity index (χ4n) is 4.66. The highest BCUT2D eigenvalue weighted by Crippen LogP contribution is 2.41. The Bertz CT molecular complexity index is 839. The summed E-state index contributed by atoms with van der Waals surface area (Å²) in [5.74, 6) is 0.912. The van der Waals surface area contributed by atoms with E-state index in [1.807, 2.05) is 23.1 Å². The van der Waals surface area contributed by atoms with Crippen LogP contribution < -0.4 is 4.74 Å². The number of hydrogen-bond acceptors (Lipinski definition) is 3.